The molecule has 1 fully saturated rings. The van der Waals surface area contributed by atoms with Gasteiger partial charge in [0.2, 0.25) is 5.91 Å². The van der Waals surface area contributed by atoms with E-state index >= 15 is 0 Å². The minimum atomic E-state index is -3.65. The Bertz CT molecular complexity index is 1140. The summed E-state index contributed by atoms with van der Waals surface area (Å²) in [6.45, 7) is 0.522. The molecule has 28 heavy (non-hydrogen) atoms. The van der Waals surface area contributed by atoms with Crippen molar-refractivity contribution in [3.05, 3.63) is 39.7 Å². The van der Waals surface area contributed by atoms with Crippen molar-refractivity contribution in [2.45, 2.75) is 17.1 Å². The van der Waals surface area contributed by atoms with Crippen LogP contribution in [0.15, 0.2) is 34.5 Å². The van der Waals surface area contributed by atoms with Crippen molar-refractivity contribution < 1.29 is 13.2 Å². The normalized spacial score (nSPS) is 18.4. The third kappa shape index (κ3) is 3.92. The van der Waals surface area contributed by atoms with Crippen molar-refractivity contribution in [2.75, 3.05) is 18.4 Å². The molecule has 0 spiro atoms. The highest BCUT2D eigenvalue weighted by atomic mass is 35.5. The first-order valence-electron chi connectivity index (χ1n) is 8.46. The highest BCUT2D eigenvalue weighted by Crippen LogP contribution is 2.33. The van der Waals surface area contributed by atoms with E-state index in [0.717, 1.165) is 16.0 Å². The second-order valence-corrected chi connectivity index (χ2v) is 11.7. The summed E-state index contributed by atoms with van der Waals surface area (Å²) in [6, 6.07) is 8.52. The topological polar surface area (TPSA) is 79.4 Å². The Morgan fingerprint density at radius 2 is 2.04 bits per heavy atom. The van der Waals surface area contributed by atoms with Crippen LogP contribution >= 0.6 is 45.9 Å². The lowest BCUT2D eigenvalue weighted by Gasteiger charge is -2.30. The number of anilines is 1. The predicted molar refractivity (Wildman–Crippen MR) is 114 cm³/mol. The molecule has 0 radical (unpaired) electrons. The van der Waals surface area contributed by atoms with E-state index < -0.39 is 15.9 Å². The lowest BCUT2D eigenvalue weighted by molar-refractivity contribution is -0.120. The summed E-state index contributed by atoms with van der Waals surface area (Å²) >= 11 is 14.4. The molecule has 1 aromatic carbocycles. The summed E-state index contributed by atoms with van der Waals surface area (Å²) in [7, 11) is -3.65. The molecule has 148 valence electrons. The molecular formula is C17H15Cl2N3O3S3. The molecule has 1 atom stereocenters. The second-order valence-electron chi connectivity index (χ2n) is 6.36. The number of rotatable bonds is 4. The van der Waals surface area contributed by atoms with E-state index in [2.05, 4.69) is 10.3 Å². The summed E-state index contributed by atoms with van der Waals surface area (Å²) in [6.07, 6.45) is 1.23. The third-order valence-electron chi connectivity index (χ3n) is 4.50. The van der Waals surface area contributed by atoms with Crippen LogP contribution in [-0.2, 0) is 14.8 Å². The molecule has 4 rings (SSSR count). The van der Waals surface area contributed by atoms with Gasteiger partial charge in [0.25, 0.3) is 10.0 Å². The van der Waals surface area contributed by atoms with Gasteiger partial charge in [0.15, 0.2) is 5.13 Å². The Hall–Kier alpha value is -1.23. The standard InChI is InChI=1S/C17H15Cl2N3O3S3/c18-11-4-1-5-12-15(11)20-17(26-12)21-16(23)10-3-2-8-22(9-10)28(24,25)14-7-6-13(19)27-14/h1,4-7,10H,2-3,8-9H2,(H,20,21,23). The number of benzene rings is 1. The van der Waals surface area contributed by atoms with Crippen LogP contribution in [0.3, 0.4) is 0 Å². The van der Waals surface area contributed by atoms with Crippen LogP contribution < -0.4 is 5.32 Å². The van der Waals surface area contributed by atoms with Gasteiger partial charge in [-0.15, -0.1) is 11.3 Å². The van der Waals surface area contributed by atoms with Crippen molar-refractivity contribution in [3.8, 4) is 0 Å². The number of thiophene rings is 1. The average Bonchev–Trinajstić information content (AvgIpc) is 3.29. The van der Waals surface area contributed by atoms with Crippen LogP contribution in [0, 0.1) is 5.92 Å². The van der Waals surface area contributed by atoms with Crippen LogP contribution in [0.5, 0.6) is 0 Å². The molecular weight excluding hydrogens is 461 g/mol. The van der Waals surface area contributed by atoms with Gasteiger partial charge in [-0.25, -0.2) is 13.4 Å². The quantitative estimate of drug-likeness (QED) is 0.592. The number of halogens is 2. The van der Waals surface area contributed by atoms with E-state index in [1.54, 1.807) is 12.1 Å². The van der Waals surface area contributed by atoms with Crippen molar-refractivity contribution >= 4 is 77.2 Å². The highest BCUT2D eigenvalue weighted by Gasteiger charge is 2.34. The number of aromatic nitrogens is 1. The van der Waals surface area contributed by atoms with Crippen molar-refractivity contribution in [1.29, 1.82) is 0 Å². The number of carbonyl (C=O) groups is 1. The van der Waals surface area contributed by atoms with E-state index in [4.69, 9.17) is 23.2 Å². The van der Waals surface area contributed by atoms with E-state index in [0.29, 0.717) is 39.4 Å². The third-order valence-corrected chi connectivity index (χ3v) is 9.30. The number of nitrogens with zero attached hydrogens (tertiary/aromatic N) is 2. The van der Waals surface area contributed by atoms with Crippen molar-refractivity contribution in [2.24, 2.45) is 5.92 Å². The molecule has 1 unspecified atom stereocenters. The Kier molecular flexibility index (Phi) is 5.65. The molecule has 2 aromatic heterocycles. The van der Waals surface area contributed by atoms with Crippen LogP contribution in [0.2, 0.25) is 9.36 Å². The number of para-hydroxylation sites is 1. The number of hydrogen-bond acceptors (Lipinski definition) is 6. The summed E-state index contributed by atoms with van der Waals surface area (Å²) in [5.41, 5.74) is 0.645. The molecule has 11 heteroatoms. The molecule has 1 saturated heterocycles. The molecule has 0 saturated carbocycles. The number of piperidine rings is 1. The maximum atomic E-state index is 12.8. The van der Waals surface area contributed by atoms with Crippen LogP contribution in [0.4, 0.5) is 5.13 Å². The van der Waals surface area contributed by atoms with Gasteiger partial charge in [0.05, 0.1) is 20.0 Å². The smallest absolute Gasteiger partial charge is 0.252 e. The van der Waals surface area contributed by atoms with E-state index in [9.17, 15) is 13.2 Å². The van der Waals surface area contributed by atoms with Gasteiger partial charge in [0.1, 0.15) is 9.73 Å². The molecule has 3 heterocycles. The largest absolute Gasteiger partial charge is 0.302 e. The van der Waals surface area contributed by atoms with Gasteiger partial charge in [-0.1, -0.05) is 40.6 Å². The van der Waals surface area contributed by atoms with Crippen molar-refractivity contribution in [1.82, 2.24) is 9.29 Å². The number of sulfonamides is 1. The van der Waals surface area contributed by atoms with Crippen molar-refractivity contribution in [3.63, 3.8) is 0 Å². The SMILES string of the molecule is O=C(Nc1nc2c(Cl)cccc2s1)C1CCCN(S(=O)(=O)c2ccc(Cl)s2)C1. The van der Waals surface area contributed by atoms with E-state index in [-0.39, 0.29) is 16.7 Å². The van der Waals surface area contributed by atoms with Crippen LogP contribution in [0.25, 0.3) is 10.2 Å². The average molecular weight is 476 g/mol. The molecule has 3 aromatic rings. The molecule has 1 aliphatic rings. The number of hydrogen-bond donors (Lipinski definition) is 1. The fourth-order valence-electron chi connectivity index (χ4n) is 3.11. The van der Waals surface area contributed by atoms with Gasteiger partial charge >= 0.3 is 0 Å². The predicted octanol–water partition coefficient (Wildman–Crippen LogP) is 4.70. The van der Waals surface area contributed by atoms with Crippen LogP contribution in [-0.4, -0.2) is 36.7 Å². The number of fused-ring (bicyclic) bond motifs is 1. The zero-order chi connectivity index (χ0) is 19.9. The van der Waals surface area contributed by atoms with Gasteiger partial charge in [-0.05, 0) is 37.1 Å². The fourth-order valence-corrected chi connectivity index (χ4v) is 7.44. The minimum absolute atomic E-state index is 0.134. The summed E-state index contributed by atoms with van der Waals surface area (Å²) in [5.74, 6) is -0.680. The van der Waals surface area contributed by atoms with E-state index in [1.807, 2.05) is 12.1 Å². The molecule has 0 aliphatic carbocycles. The Balaban J connectivity index is 1.49. The first kappa shape index (κ1) is 20.1. The van der Waals surface area contributed by atoms with Gasteiger partial charge in [-0.2, -0.15) is 4.31 Å². The van der Waals surface area contributed by atoms with Crippen LogP contribution in [0.1, 0.15) is 12.8 Å². The summed E-state index contributed by atoms with van der Waals surface area (Å²) in [4.78, 5) is 17.1. The molecule has 1 aliphatic heterocycles. The summed E-state index contributed by atoms with van der Waals surface area (Å²) < 4.78 is 28.5. The summed E-state index contributed by atoms with van der Waals surface area (Å²) in [5, 5.41) is 3.80. The number of thiazole rings is 1. The van der Waals surface area contributed by atoms with Gasteiger partial charge in [-0.3, -0.25) is 4.79 Å². The first-order chi connectivity index (χ1) is 13.3. The molecule has 1 amide bonds. The minimum Gasteiger partial charge on any atom is -0.302 e. The Morgan fingerprint density at radius 3 is 2.75 bits per heavy atom. The monoisotopic (exact) mass is 475 g/mol. The number of amides is 1. The zero-order valence-electron chi connectivity index (χ0n) is 14.4. The second kappa shape index (κ2) is 7.89. The maximum Gasteiger partial charge on any atom is 0.252 e. The maximum absolute atomic E-state index is 12.8. The molecule has 6 nitrogen and oxygen atoms in total. The molecule has 1 N–H and O–H groups in total. The Morgan fingerprint density at radius 1 is 1.21 bits per heavy atom. The van der Waals surface area contributed by atoms with Gasteiger partial charge in [0, 0.05) is 13.1 Å². The Labute approximate surface area is 180 Å². The molecule has 0 bridgehead atoms. The zero-order valence-corrected chi connectivity index (χ0v) is 18.4. The van der Waals surface area contributed by atoms with E-state index in [1.165, 1.54) is 21.7 Å². The fraction of sp³-hybridized carbons (Fsp3) is 0.294. The number of carbonyl (C=O) groups excluding carboxylic acids is 1. The van der Waals surface area contributed by atoms with Gasteiger partial charge < -0.3 is 5.32 Å². The number of nitrogens with one attached hydrogen (secondary N) is 1. The first-order valence-corrected chi connectivity index (χ1v) is 12.3. The lowest BCUT2D eigenvalue weighted by Crippen LogP contribution is -2.43. The highest BCUT2D eigenvalue weighted by molar-refractivity contribution is 7.91. The lowest BCUT2D eigenvalue weighted by atomic mass is 9.99.